The molecule has 0 aromatic carbocycles. The highest BCUT2D eigenvalue weighted by atomic mass is 35.5. The van der Waals surface area contributed by atoms with Gasteiger partial charge in [0.1, 0.15) is 4.21 Å². The molecule has 0 unspecified atom stereocenters. The minimum atomic E-state index is -3.04. The standard InChI is InChI=1S/C6H7ClO2S2/c1-2-11(8,9)6-4-3-5(7)10-6/h3-4H,2H2,1H3. The van der Waals surface area contributed by atoms with Crippen LogP contribution in [0.2, 0.25) is 4.34 Å². The molecule has 0 aliphatic rings. The first kappa shape index (κ1) is 9.03. The molecule has 0 aliphatic carbocycles. The van der Waals surface area contributed by atoms with Crippen molar-refractivity contribution in [1.29, 1.82) is 0 Å². The van der Waals surface area contributed by atoms with Crippen molar-refractivity contribution in [1.82, 2.24) is 0 Å². The van der Waals surface area contributed by atoms with E-state index in [1.807, 2.05) is 0 Å². The largest absolute Gasteiger partial charge is 0.223 e. The van der Waals surface area contributed by atoms with E-state index in [-0.39, 0.29) is 5.75 Å². The average molecular weight is 211 g/mol. The lowest BCUT2D eigenvalue weighted by Gasteiger charge is -1.92. The molecule has 0 radical (unpaired) electrons. The lowest BCUT2D eigenvalue weighted by atomic mass is 10.7. The molecule has 1 aromatic rings. The summed E-state index contributed by atoms with van der Waals surface area (Å²) in [5.74, 6) is 0.129. The molecule has 0 aliphatic heterocycles. The second-order valence-electron chi connectivity index (χ2n) is 1.96. The fourth-order valence-corrected chi connectivity index (χ4v) is 3.21. The maximum atomic E-state index is 11.2. The zero-order chi connectivity index (χ0) is 8.48. The van der Waals surface area contributed by atoms with E-state index in [0.717, 1.165) is 11.3 Å². The van der Waals surface area contributed by atoms with Crippen LogP contribution >= 0.6 is 22.9 Å². The molecule has 1 heterocycles. The van der Waals surface area contributed by atoms with Crippen molar-refractivity contribution >= 4 is 32.8 Å². The molecule has 1 rings (SSSR count). The first-order chi connectivity index (χ1) is 5.06. The van der Waals surface area contributed by atoms with Crippen LogP contribution in [0.25, 0.3) is 0 Å². The van der Waals surface area contributed by atoms with Crippen LogP contribution < -0.4 is 0 Å². The Labute approximate surface area is 74.7 Å². The summed E-state index contributed by atoms with van der Waals surface area (Å²) >= 11 is 6.67. The molecule has 0 fully saturated rings. The Hall–Kier alpha value is -0.0600. The van der Waals surface area contributed by atoms with E-state index in [4.69, 9.17) is 11.6 Å². The normalized spacial score (nSPS) is 11.8. The third-order valence-corrected chi connectivity index (χ3v) is 4.78. The summed E-state index contributed by atoms with van der Waals surface area (Å²) in [7, 11) is -3.04. The van der Waals surface area contributed by atoms with Gasteiger partial charge in [-0.05, 0) is 12.1 Å². The van der Waals surface area contributed by atoms with E-state index in [0.29, 0.717) is 8.55 Å². The summed E-state index contributed by atoms with van der Waals surface area (Å²) in [6.45, 7) is 1.61. The molecule has 0 saturated heterocycles. The van der Waals surface area contributed by atoms with Crippen molar-refractivity contribution < 1.29 is 8.42 Å². The van der Waals surface area contributed by atoms with Crippen LogP contribution in [0.1, 0.15) is 6.92 Å². The smallest absolute Gasteiger partial charge is 0.187 e. The van der Waals surface area contributed by atoms with Crippen molar-refractivity contribution in [2.45, 2.75) is 11.1 Å². The van der Waals surface area contributed by atoms with Crippen LogP contribution in [0.3, 0.4) is 0 Å². The lowest BCUT2D eigenvalue weighted by Crippen LogP contribution is -2.00. The van der Waals surface area contributed by atoms with Gasteiger partial charge in [-0.25, -0.2) is 8.42 Å². The maximum absolute atomic E-state index is 11.2. The van der Waals surface area contributed by atoms with Crippen molar-refractivity contribution in [3.05, 3.63) is 16.5 Å². The first-order valence-electron chi connectivity index (χ1n) is 3.04. The van der Waals surface area contributed by atoms with Gasteiger partial charge < -0.3 is 0 Å². The van der Waals surface area contributed by atoms with E-state index in [1.165, 1.54) is 6.07 Å². The van der Waals surface area contributed by atoms with Crippen LogP contribution in [0.15, 0.2) is 16.3 Å². The van der Waals surface area contributed by atoms with Gasteiger partial charge in [0.25, 0.3) is 0 Å². The number of halogens is 1. The second kappa shape index (κ2) is 3.13. The third kappa shape index (κ3) is 1.95. The Morgan fingerprint density at radius 1 is 1.55 bits per heavy atom. The summed E-state index contributed by atoms with van der Waals surface area (Å²) in [4.78, 5) is 0. The van der Waals surface area contributed by atoms with Crippen molar-refractivity contribution in [3.63, 3.8) is 0 Å². The van der Waals surface area contributed by atoms with Crippen molar-refractivity contribution in [2.24, 2.45) is 0 Å². The molecule has 0 N–H and O–H groups in total. The minimum Gasteiger partial charge on any atom is -0.223 e. The molecule has 0 saturated carbocycles. The van der Waals surface area contributed by atoms with Crippen LogP contribution in [0, 0.1) is 0 Å². The Morgan fingerprint density at radius 2 is 2.18 bits per heavy atom. The van der Waals surface area contributed by atoms with E-state index >= 15 is 0 Å². The van der Waals surface area contributed by atoms with Crippen LogP contribution in [0.4, 0.5) is 0 Å². The molecule has 5 heteroatoms. The molecule has 0 bridgehead atoms. The Bertz CT molecular complexity index is 339. The summed E-state index contributed by atoms with van der Waals surface area (Å²) < 4.78 is 23.2. The van der Waals surface area contributed by atoms with Crippen LogP contribution in [0.5, 0.6) is 0 Å². The van der Waals surface area contributed by atoms with Gasteiger partial charge in [0.05, 0.1) is 10.1 Å². The Kier molecular flexibility index (Phi) is 2.57. The molecule has 62 valence electrons. The zero-order valence-electron chi connectivity index (χ0n) is 5.87. The molecular formula is C6H7ClO2S2. The third-order valence-electron chi connectivity index (χ3n) is 1.24. The van der Waals surface area contributed by atoms with Gasteiger partial charge in [0.15, 0.2) is 9.84 Å². The summed E-state index contributed by atoms with van der Waals surface area (Å²) in [5.41, 5.74) is 0. The van der Waals surface area contributed by atoms with Gasteiger partial charge >= 0.3 is 0 Å². The average Bonchev–Trinajstić information content (AvgIpc) is 2.36. The monoisotopic (exact) mass is 210 g/mol. The van der Waals surface area contributed by atoms with E-state index < -0.39 is 9.84 Å². The number of sulfone groups is 1. The van der Waals surface area contributed by atoms with Gasteiger partial charge in [-0.3, -0.25) is 0 Å². The topological polar surface area (TPSA) is 34.1 Å². The molecule has 0 atom stereocenters. The first-order valence-corrected chi connectivity index (χ1v) is 5.89. The van der Waals surface area contributed by atoms with Crippen LogP contribution in [-0.4, -0.2) is 14.2 Å². The Balaban J connectivity index is 3.13. The SMILES string of the molecule is CCS(=O)(=O)c1ccc(Cl)s1. The highest BCUT2D eigenvalue weighted by Gasteiger charge is 2.13. The summed E-state index contributed by atoms with van der Waals surface area (Å²) in [5, 5.41) is 0. The van der Waals surface area contributed by atoms with E-state index in [1.54, 1.807) is 13.0 Å². The quantitative estimate of drug-likeness (QED) is 0.750. The second-order valence-corrected chi connectivity index (χ2v) is 6.18. The minimum absolute atomic E-state index is 0.129. The lowest BCUT2D eigenvalue weighted by molar-refractivity contribution is 0.599. The van der Waals surface area contributed by atoms with E-state index in [2.05, 4.69) is 0 Å². The maximum Gasteiger partial charge on any atom is 0.187 e. The predicted octanol–water partition coefficient (Wildman–Crippen LogP) is 2.20. The summed E-state index contributed by atoms with van der Waals surface area (Å²) in [6, 6.07) is 3.13. The number of rotatable bonds is 2. The van der Waals surface area contributed by atoms with Crippen molar-refractivity contribution in [3.8, 4) is 0 Å². The number of thiophene rings is 1. The zero-order valence-corrected chi connectivity index (χ0v) is 8.26. The van der Waals surface area contributed by atoms with E-state index in [9.17, 15) is 8.42 Å². The molecule has 1 aromatic heterocycles. The molecule has 2 nitrogen and oxygen atoms in total. The predicted molar refractivity (Wildman–Crippen MR) is 47.1 cm³/mol. The van der Waals surface area contributed by atoms with Crippen molar-refractivity contribution in [2.75, 3.05) is 5.75 Å². The van der Waals surface area contributed by atoms with Gasteiger partial charge in [0.2, 0.25) is 0 Å². The van der Waals surface area contributed by atoms with Crippen LogP contribution in [-0.2, 0) is 9.84 Å². The molecule has 11 heavy (non-hydrogen) atoms. The highest BCUT2D eigenvalue weighted by molar-refractivity contribution is 7.93. The molecule has 0 spiro atoms. The fraction of sp³-hybridized carbons (Fsp3) is 0.333. The summed E-state index contributed by atoms with van der Waals surface area (Å²) in [6.07, 6.45) is 0. The Morgan fingerprint density at radius 3 is 2.55 bits per heavy atom. The fourth-order valence-electron chi connectivity index (χ4n) is 0.607. The van der Waals surface area contributed by atoms with Gasteiger partial charge in [-0.15, -0.1) is 11.3 Å². The number of hydrogen-bond acceptors (Lipinski definition) is 3. The number of hydrogen-bond donors (Lipinski definition) is 0. The highest BCUT2D eigenvalue weighted by Crippen LogP contribution is 2.25. The molecular weight excluding hydrogens is 204 g/mol. The molecule has 0 amide bonds. The van der Waals surface area contributed by atoms with Gasteiger partial charge in [-0.2, -0.15) is 0 Å². The van der Waals surface area contributed by atoms with Gasteiger partial charge in [-0.1, -0.05) is 18.5 Å². The van der Waals surface area contributed by atoms with Gasteiger partial charge in [0, 0.05) is 0 Å².